The van der Waals surface area contributed by atoms with E-state index < -0.39 is 124 Å². The number of aliphatic hydroxyl groups is 2. The van der Waals surface area contributed by atoms with Gasteiger partial charge in [-0.15, -0.1) is 0 Å². The Morgan fingerprint density at radius 1 is 0.556 bits per heavy atom. The molecule has 1 heterocycles. The lowest BCUT2D eigenvalue weighted by Gasteiger charge is -2.41. The number of aromatic hydroxyl groups is 9. The van der Waals surface area contributed by atoms with E-state index >= 15 is 0 Å². The lowest BCUT2D eigenvalue weighted by Crippen LogP contribution is -2.61. The van der Waals surface area contributed by atoms with Gasteiger partial charge < -0.3 is 75.1 Å². The number of hydrogen-bond acceptors (Lipinski definition) is 18. The predicted molar refractivity (Wildman–Crippen MR) is 140 cm³/mol. The lowest BCUT2D eigenvalue weighted by molar-refractivity contribution is -0.284. The molecule has 0 spiro atoms. The van der Waals surface area contributed by atoms with Gasteiger partial charge in [0.2, 0.25) is 6.29 Å². The molecule has 0 saturated carbocycles. The Morgan fingerprint density at radius 3 is 1.31 bits per heavy atom. The van der Waals surface area contributed by atoms with Crippen LogP contribution in [0, 0.1) is 0 Å². The summed E-state index contributed by atoms with van der Waals surface area (Å²) in [5.41, 5.74) is -1.63. The average Bonchev–Trinajstić information content (AvgIpc) is 2.99. The molecule has 4 rings (SSSR count). The normalized spacial score (nSPS) is 21.1. The van der Waals surface area contributed by atoms with Crippen LogP contribution in [0.5, 0.6) is 51.7 Å². The van der Waals surface area contributed by atoms with Crippen molar-refractivity contribution in [1.29, 1.82) is 0 Å². The SMILES string of the molecule is O=C(OC[C@@H]1O[C@@H](OC(=O)c2cc(O)c(O)c(O)c2)[C@H](OC(=O)c2cc(O)c(O)c(O)c2)[C@@H](O)[C@@H]1O)c1cc(O)c(O)c(O)c1. The van der Waals surface area contributed by atoms with Crippen molar-refractivity contribution in [3.05, 3.63) is 53.1 Å². The number of ether oxygens (including phenoxy) is 4. The predicted octanol–water partition coefficient (Wildman–Crippen LogP) is -0.277. The summed E-state index contributed by atoms with van der Waals surface area (Å²) in [7, 11) is 0. The quantitative estimate of drug-likeness (QED) is 0.0902. The van der Waals surface area contributed by atoms with Crippen LogP contribution < -0.4 is 0 Å². The first kappa shape index (κ1) is 32.1. The van der Waals surface area contributed by atoms with Gasteiger partial charge in [-0.2, -0.15) is 0 Å². The summed E-state index contributed by atoms with van der Waals surface area (Å²) in [5.74, 6) is -12.4. The highest BCUT2D eigenvalue weighted by Crippen LogP contribution is 2.38. The van der Waals surface area contributed by atoms with E-state index in [1.807, 2.05) is 0 Å². The maximum atomic E-state index is 12.9. The Hall–Kier alpha value is -5.85. The molecule has 18 nitrogen and oxygen atoms in total. The number of carbonyl (C=O) groups excluding carboxylic acids is 3. The third-order valence-corrected chi connectivity index (χ3v) is 6.41. The van der Waals surface area contributed by atoms with Crippen LogP contribution in [0.3, 0.4) is 0 Å². The zero-order valence-electron chi connectivity index (χ0n) is 22.3. The Morgan fingerprint density at radius 2 is 0.911 bits per heavy atom. The second kappa shape index (κ2) is 12.4. The van der Waals surface area contributed by atoms with E-state index in [-0.39, 0.29) is 0 Å². The standard InChI is InChI=1S/C27H24O18/c28-11-1-8(2-12(29)18(11)34)24(39)42-7-17-21(37)22(38)23(44-25(40)9-3-13(30)19(35)14(31)4-9)27(43-17)45-26(41)10-5-15(32)20(36)16(33)6-10/h1-6,17,21-23,27-38H,7H2/t17-,21+,22-,23+,27-/m0/s1. The number of aliphatic hydroxyl groups excluding tert-OH is 2. The number of carbonyl (C=O) groups is 3. The molecule has 18 heteroatoms. The molecule has 0 aromatic heterocycles. The molecule has 1 aliphatic heterocycles. The van der Waals surface area contributed by atoms with Crippen LogP contribution in [0.1, 0.15) is 31.1 Å². The molecule has 0 bridgehead atoms. The average molecular weight is 636 g/mol. The summed E-state index contributed by atoms with van der Waals surface area (Å²) >= 11 is 0. The van der Waals surface area contributed by atoms with Crippen LogP contribution in [0.4, 0.5) is 0 Å². The largest absolute Gasteiger partial charge is 0.504 e. The highest BCUT2D eigenvalue weighted by Gasteiger charge is 2.49. The van der Waals surface area contributed by atoms with Gasteiger partial charge in [-0.1, -0.05) is 0 Å². The fourth-order valence-corrected chi connectivity index (χ4v) is 4.04. The first-order chi connectivity index (χ1) is 21.1. The fourth-order valence-electron chi connectivity index (χ4n) is 4.04. The zero-order valence-corrected chi connectivity index (χ0v) is 22.3. The summed E-state index contributed by atoms with van der Waals surface area (Å²) < 4.78 is 20.7. The van der Waals surface area contributed by atoms with Gasteiger partial charge in [0.05, 0.1) is 16.7 Å². The molecular weight excluding hydrogens is 612 g/mol. The van der Waals surface area contributed by atoms with Gasteiger partial charge in [0.25, 0.3) is 0 Å². The molecular formula is C27H24O18. The van der Waals surface area contributed by atoms with Crippen LogP contribution >= 0.6 is 0 Å². The van der Waals surface area contributed by atoms with Crippen molar-refractivity contribution >= 4 is 17.9 Å². The van der Waals surface area contributed by atoms with Crippen LogP contribution in [0.15, 0.2) is 36.4 Å². The molecule has 240 valence electrons. The number of phenolic OH excluding ortho intramolecular Hbond substituents is 9. The van der Waals surface area contributed by atoms with Crippen LogP contribution in [0.25, 0.3) is 0 Å². The summed E-state index contributed by atoms with van der Waals surface area (Å²) in [4.78, 5) is 38.1. The number of phenols is 9. The van der Waals surface area contributed by atoms with Gasteiger partial charge in [-0.05, 0) is 36.4 Å². The van der Waals surface area contributed by atoms with E-state index in [1.165, 1.54) is 0 Å². The van der Waals surface area contributed by atoms with Crippen molar-refractivity contribution < 1.29 is 89.5 Å². The van der Waals surface area contributed by atoms with Crippen molar-refractivity contribution in [2.24, 2.45) is 0 Å². The third-order valence-electron chi connectivity index (χ3n) is 6.41. The Kier molecular flexibility index (Phi) is 8.84. The molecule has 1 aliphatic rings. The van der Waals surface area contributed by atoms with Gasteiger partial charge in [-0.3, -0.25) is 0 Å². The molecule has 45 heavy (non-hydrogen) atoms. The summed E-state index contributed by atoms with van der Waals surface area (Å²) in [5, 5.41) is 108. The van der Waals surface area contributed by atoms with E-state index in [0.717, 1.165) is 12.1 Å². The van der Waals surface area contributed by atoms with Crippen LogP contribution in [0.2, 0.25) is 0 Å². The van der Waals surface area contributed by atoms with E-state index in [1.54, 1.807) is 0 Å². The van der Waals surface area contributed by atoms with Gasteiger partial charge in [0, 0.05) is 0 Å². The minimum Gasteiger partial charge on any atom is -0.504 e. The first-order valence-electron chi connectivity index (χ1n) is 12.4. The van der Waals surface area contributed by atoms with Crippen molar-refractivity contribution in [3.8, 4) is 51.7 Å². The molecule has 3 aromatic carbocycles. The molecule has 0 unspecified atom stereocenters. The third kappa shape index (κ3) is 6.56. The van der Waals surface area contributed by atoms with Crippen LogP contribution in [-0.4, -0.2) is 111 Å². The number of esters is 3. The number of benzene rings is 3. The zero-order chi connectivity index (χ0) is 33.3. The van der Waals surface area contributed by atoms with E-state index in [2.05, 4.69) is 0 Å². The second-order valence-corrected chi connectivity index (χ2v) is 9.49. The minimum atomic E-state index is -2.16. The Balaban J connectivity index is 1.59. The number of rotatable bonds is 7. The molecule has 5 atom stereocenters. The fraction of sp³-hybridized carbons (Fsp3) is 0.222. The van der Waals surface area contributed by atoms with Gasteiger partial charge in [0.15, 0.2) is 57.8 Å². The Labute approximate surface area is 249 Å². The minimum absolute atomic E-state index is 0.462. The molecule has 0 radical (unpaired) electrons. The first-order valence-corrected chi connectivity index (χ1v) is 12.4. The van der Waals surface area contributed by atoms with Gasteiger partial charge in [0.1, 0.15) is 24.9 Å². The van der Waals surface area contributed by atoms with Crippen molar-refractivity contribution in [1.82, 2.24) is 0 Å². The van der Waals surface area contributed by atoms with Crippen molar-refractivity contribution in [3.63, 3.8) is 0 Å². The summed E-state index contributed by atoms with van der Waals surface area (Å²) in [6.45, 7) is -0.894. The van der Waals surface area contributed by atoms with Gasteiger partial charge >= 0.3 is 17.9 Å². The monoisotopic (exact) mass is 636 g/mol. The van der Waals surface area contributed by atoms with E-state index in [0.29, 0.717) is 24.3 Å². The highest BCUT2D eigenvalue weighted by molar-refractivity contribution is 5.92. The smallest absolute Gasteiger partial charge is 0.340 e. The molecule has 3 aromatic rings. The molecule has 1 fully saturated rings. The van der Waals surface area contributed by atoms with E-state index in [9.17, 15) is 70.6 Å². The van der Waals surface area contributed by atoms with Crippen LogP contribution in [-0.2, 0) is 18.9 Å². The molecule has 11 N–H and O–H groups in total. The highest BCUT2D eigenvalue weighted by atomic mass is 16.7. The summed E-state index contributed by atoms with van der Waals surface area (Å²) in [6.07, 6.45) is -10.1. The molecule has 0 amide bonds. The van der Waals surface area contributed by atoms with Crippen molar-refractivity contribution in [2.75, 3.05) is 6.61 Å². The lowest BCUT2D eigenvalue weighted by atomic mass is 9.99. The molecule has 0 aliphatic carbocycles. The van der Waals surface area contributed by atoms with Gasteiger partial charge in [-0.25, -0.2) is 14.4 Å². The summed E-state index contributed by atoms with van der Waals surface area (Å²) in [6, 6.07) is 4.19. The second-order valence-electron chi connectivity index (χ2n) is 9.49. The van der Waals surface area contributed by atoms with E-state index in [4.69, 9.17) is 18.9 Å². The van der Waals surface area contributed by atoms with Crippen molar-refractivity contribution in [2.45, 2.75) is 30.7 Å². The maximum absolute atomic E-state index is 12.9. The number of hydrogen-bond donors (Lipinski definition) is 11. The maximum Gasteiger partial charge on any atom is 0.340 e. The Bertz CT molecular complexity index is 1580. The molecule has 1 saturated heterocycles. The topological polar surface area (TPSA) is 311 Å².